The first-order valence-corrected chi connectivity index (χ1v) is 11.0. The molecule has 0 aliphatic carbocycles. The highest BCUT2D eigenvalue weighted by Crippen LogP contribution is 2.34. The topological polar surface area (TPSA) is 108 Å². The normalized spacial score (nSPS) is 22.7. The molecule has 2 aliphatic heterocycles. The van der Waals surface area contributed by atoms with Crippen LogP contribution in [0.25, 0.3) is 11.0 Å². The van der Waals surface area contributed by atoms with Crippen molar-refractivity contribution in [3.8, 4) is 0 Å². The van der Waals surface area contributed by atoms with Crippen LogP contribution in [-0.2, 0) is 21.1 Å². The molecule has 1 atom stereocenters. The number of amides is 1. The van der Waals surface area contributed by atoms with Crippen LogP contribution in [0.3, 0.4) is 0 Å². The fourth-order valence-electron chi connectivity index (χ4n) is 4.09. The van der Waals surface area contributed by atoms with Crippen molar-refractivity contribution >= 4 is 26.8 Å². The van der Waals surface area contributed by atoms with Crippen LogP contribution in [0.15, 0.2) is 41.3 Å². The smallest absolute Gasteiger partial charge is 0.259 e. The van der Waals surface area contributed by atoms with E-state index in [4.69, 9.17) is 9.26 Å². The Bertz CT molecular complexity index is 1190. The summed E-state index contributed by atoms with van der Waals surface area (Å²) in [5.74, 6) is 0.132. The van der Waals surface area contributed by atoms with Crippen LogP contribution < -0.4 is 0 Å². The zero-order chi connectivity index (χ0) is 20.2. The molecule has 0 radical (unpaired) electrons. The number of aryl methyl sites for hydroxylation is 1. The number of para-hydroxylation sites is 2. The Labute approximate surface area is 167 Å². The minimum absolute atomic E-state index is 0.0936. The summed E-state index contributed by atoms with van der Waals surface area (Å²) in [7, 11) is -3.39. The summed E-state index contributed by atoms with van der Waals surface area (Å²) in [6, 6.07) is 7.61. The maximum absolute atomic E-state index is 13.0. The first kappa shape index (κ1) is 18.3. The van der Waals surface area contributed by atoms with E-state index >= 15 is 0 Å². The summed E-state index contributed by atoms with van der Waals surface area (Å²) in [5.41, 5.74) is 1.29. The van der Waals surface area contributed by atoms with Gasteiger partial charge in [-0.2, -0.15) is 0 Å². The van der Waals surface area contributed by atoms with Crippen LogP contribution in [0.1, 0.15) is 16.1 Å². The van der Waals surface area contributed by atoms with Crippen molar-refractivity contribution in [2.24, 2.45) is 0 Å². The molecule has 2 saturated heterocycles. The third kappa shape index (κ3) is 3.03. The Morgan fingerprint density at radius 2 is 2.10 bits per heavy atom. The SMILES string of the molecule is Cc1oncc1C(=O)N1CC2(C1)CS(=O)(=O)[C@@H](Cn1cnc3ccccc31)CO2. The number of fused-ring (bicyclic) bond motifs is 1. The van der Waals surface area contributed by atoms with Crippen LogP contribution in [0.4, 0.5) is 0 Å². The number of benzene rings is 1. The van der Waals surface area contributed by atoms with E-state index in [0.717, 1.165) is 11.0 Å². The summed E-state index contributed by atoms with van der Waals surface area (Å²) < 4.78 is 38.7. The second kappa shape index (κ2) is 6.39. The zero-order valence-electron chi connectivity index (χ0n) is 15.8. The second-order valence-corrected chi connectivity index (χ2v) is 10.0. The largest absolute Gasteiger partial charge is 0.369 e. The molecule has 0 unspecified atom stereocenters. The number of likely N-dealkylation sites (tertiary alicyclic amines) is 1. The van der Waals surface area contributed by atoms with Crippen LogP contribution >= 0.6 is 0 Å². The van der Waals surface area contributed by atoms with E-state index in [-0.39, 0.29) is 31.4 Å². The van der Waals surface area contributed by atoms with E-state index in [1.807, 2.05) is 28.8 Å². The lowest BCUT2D eigenvalue weighted by Gasteiger charge is -2.52. The number of carbonyl (C=O) groups is 1. The lowest BCUT2D eigenvalue weighted by molar-refractivity contribution is -0.121. The van der Waals surface area contributed by atoms with Crippen LogP contribution in [0, 0.1) is 6.92 Å². The molecule has 4 heterocycles. The highest BCUT2D eigenvalue weighted by molar-refractivity contribution is 7.92. The predicted molar refractivity (Wildman–Crippen MR) is 103 cm³/mol. The van der Waals surface area contributed by atoms with Gasteiger partial charge in [0.05, 0.1) is 49.0 Å². The maximum Gasteiger partial charge on any atom is 0.259 e. The average Bonchev–Trinajstić information content (AvgIpc) is 3.27. The fraction of sp³-hybridized carbons (Fsp3) is 0.421. The third-order valence-corrected chi connectivity index (χ3v) is 7.93. The standard InChI is InChI=1S/C19H20N4O5S/c1-13-15(6-21-28-13)18(24)23-9-19(10-23)11-29(25,26)14(8-27-19)7-22-12-20-16-4-2-3-5-17(16)22/h2-6,12,14H,7-11H2,1H3/t14-/m0/s1. The van der Waals surface area contributed by atoms with E-state index in [1.165, 1.54) is 6.20 Å². The molecular formula is C19H20N4O5S. The van der Waals surface area contributed by atoms with Crippen LogP contribution in [0.5, 0.6) is 0 Å². The van der Waals surface area contributed by atoms with Crippen molar-refractivity contribution in [3.63, 3.8) is 0 Å². The summed E-state index contributed by atoms with van der Waals surface area (Å²) in [4.78, 5) is 18.4. The summed E-state index contributed by atoms with van der Waals surface area (Å²) in [5, 5.41) is 2.98. The predicted octanol–water partition coefficient (Wildman–Crippen LogP) is 1.04. The molecule has 2 aromatic heterocycles. The summed E-state index contributed by atoms with van der Waals surface area (Å²) >= 11 is 0. The quantitative estimate of drug-likeness (QED) is 0.628. The van der Waals surface area contributed by atoms with Gasteiger partial charge < -0.3 is 18.7 Å². The minimum atomic E-state index is -3.39. The molecule has 1 amide bonds. The Kier molecular flexibility index (Phi) is 4.04. The van der Waals surface area contributed by atoms with E-state index < -0.39 is 20.7 Å². The summed E-state index contributed by atoms with van der Waals surface area (Å²) in [6.07, 6.45) is 3.04. The number of rotatable bonds is 3. The Morgan fingerprint density at radius 3 is 2.83 bits per heavy atom. The molecule has 2 aliphatic rings. The number of imidazole rings is 1. The van der Waals surface area contributed by atoms with Gasteiger partial charge in [0.1, 0.15) is 22.2 Å². The van der Waals surface area contributed by atoms with Gasteiger partial charge in [0.25, 0.3) is 5.91 Å². The minimum Gasteiger partial charge on any atom is -0.369 e. The van der Waals surface area contributed by atoms with Crippen LogP contribution in [-0.4, -0.2) is 70.2 Å². The zero-order valence-corrected chi connectivity index (χ0v) is 16.6. The van der Waals surface area contributed by atoms with Crippen molar-refractivity contribution in [1.29, 1.82) is 0 Å². The van der Waals surface area contributed by atoms with Gasteiger partial charge in [-0.25, -0.2) is 13.4 Å². The molecular weight excluding hydrogens is 396 g/mol. The van der Waals surface area contributed by atoms with Crippen molar-refractivity contribution in [3.05, 3.63) is 48.1 Å². The van der Waals surface area contributed by atoms with Crippen LogP contribution in [0.2, 0.25) is 0 Å². The molecule has 0 bridgehead atoms. The first-order chi connectivity index (χ1) is 13.9. The maximum atomic E-state index is 13.0. The molecule has 9 nitrogen and oxygen atoms in total. The van der Waals surface area contributed by atoms with Crippen molar-refractivity contribution in [1.82, 2.24) is 19.6 Å². The van der Waals surface area contributed by atoms with Gasteiger partial charge >= 0.3 is 0 Å². The van der Waals surface area contributed by atoms with Gasteiger partial charge in [0.15, 0.2) is 9.84 Å². The molecule has 2 fully saturated rings. The van der Waals surface area contributed by atoms with Gasteiger partial charge in [-0.05, 0) is 19.1 Å². The molecule has 152 valence electrons. The van der Waals surface area contributed by atoms with E-state index in [0.29, 0.717) is 17.9 Å². The molecule has 3 aromatic rings. The summed E-state index contributed by atoms with van der Waals surface area (Å²) in [6.45, 7) is 2.55. The van der Waals surface area contributed by atoms with Crippen molar-refractivity contribution in [2.45, 2.75) is 24.3 Å². The van der Waals surface area contributed by atoms with Crippen molar-refractivity contribution in [2.75, 3.05) is 25.4 Å². The molecule has 1 spiro atoms. The van der Waals surface area contributed by atoms with Gasteiger partial charge in [-0.1, -0.05) is 17.3 Å². The monoisotopic (exact) mass is 416 g/mol. The number of hydrogen-bond donors (Lipinski definition) is 0. The molecule has 5 rings (SSSR count). The lowest BCUT2D eigenvalue weighted by Crippen LogP contribution is -2.70. The average molecular weight is 416 g/mol. The fourth-order valence-corrected chi connectivity index (χ4v) is 5.99. The number of aromatic nitrogens is 3. The number of nitrogens with zero attached hydrogens (tertiary/aromatic N) is 4. The number of ether oxygens (including phenoxy) is 1. The van der Waals surface area contributed by atoms with Gasteiger partial charge in [-0.3, -0.25) is 4.79 Å². The molecule has 0 saturated carbocycles. The van der Waals surface area contributed by atoms with Gasteiger partial charge in [0, 0.05) is 6.54 Å². The van der Waals surface area contributed by atoms with E-state index in [9.17, 15) is 13.2 Å². The lowest BCUT2D eigenvalue weighted by atomic mass is 9.94. The molecule has 1 aromatic carbocycles. The highest BCUT2D eigenvalue weighted by atomic mass is 32.2. The number of carbonyl (C=O) groups excluding carboxylic acids is 1. The first-order valence-electron chi connectivity index (χ1n) is 9.33. The molecule has 10 heteroatoms. The molecule has 0 N–H and O–H groups in total. The number of sulfone groups is 1. The highest BCUT2D eigenvalue weighted by Gasteiger charge is 2.54. The molecule has 29 heavy (non-hydrogen) atoms. The van der Waals surface area contributed by atoms with Gasteiger partial charge in [-0.15, -0.1) is 0 Å². The Balaban J connectivity index is 1.28. The van der Waals surface area contributed by atoms with Crippen molar-refractivity contribution < 1.29 is 22.5 Å². The second-order valence-electron chi connectivity index (χ2n) is 7.77. The third-order valence-electron chi connectivity index (χ3n) is 5.70. The van der Waals surface area contributed by atoms with E-state index in [1.54, 1.807) is 18.2 Å². The Hall–Kier alpha value is -2.72. The van der Waals surface area contributed by atoms with Gasteiger partial charge in [0.2, 0.25) is 0 Å². The Morgan fingerprint density at radius 1 is 1.31 bits per heavy atom. The number of hydrogen-bond acceptors (Lipinski definition) is 7. The van der Waals surface area contributed by atoms with E-state index in [2.05, 4.69) is 10.1 Å².